The standard InChI is InChI=1S/C27H23N3O3/c1-16-6-11-23(26(31)29-16)30-15-18-13-19(8-10-20(18)27(30)32)28-14-17-7-9-22-21-4-2-3-5-24(21)33-25(22)12-17/h2-5,7-10,12-13,23,28H,1,6,11,14-15H2,(H,29,31). The summed E-state index contributed by atoms with van der Waals surface area (Å²) in [7, 11) is 0. The molecule has 1 aromatic heterocycles. The second-order valence-electron chi connectivity index (χ2n) is 8.73. The summed E-state index contributed by atoms with van der Waals surface area (Å²) in [4.78, 5) is 27.0. The van der Waals surface area contributed by atoms with E-state index in [4.69, 9.17) is 4.42 Å². The second kappa shape index (κ2) is 7.52. The van der Waals surface area contributed by atoms with E-state index in [0.29, 0.717) is 37.2 Å². The minimum absolute atomic E-state index is 0.0838. The van der Waals surface area contributed by atoms with Crippen LogP contribution in [0.4, 0.5) is 5.69 Å². The Morgan fingerprint density at radius 3 is 2.76 bits per heavy atom. The zero-order chi connectivity index (χ0) is 22.5. The predicted octanol–water partition coefficient (Wildman–Crippen LogP) is 4.95. The minimum Gasteiger partial charge on any atom is -0.456 e. The van der Waals surface area contributed by atoms with E-state index >= 15 is 0 Å². The first-order valence-corrected chi connectivity index (χ1v) is 11.1. The molecule has 0 radical (unpaired) electrons. The topological polar surface area (TPSA) is 74.6 Å². The number of nitrogens with zero attached hydrogens (tertiary/aromatic N) is 1. The summed E-state index contributed by atoms with van der Waals surface area (Å²) < 4.78 is 5.99. The van der Waals surface area contributed by atoms with Gasteiger partial charge in [-0.15, -0.1) is 0 Å². The molecule has 1 unspecified atom stereocenters. The smallest absolute Gasteiger partial charge is 0.255 e. The lowest BCUT2D eigenvalue weighted by Gasteiger charge is -2.30. The van der Waals surface area contributed by atoms with Crippen LogP contribution in [0.15, 0.2) is 77.4 Å². The molecule has 3 heterocycles. The molecule has 4 aromatic rings. The van der Waals surface area contributed by atoms with Crippen LogP contribution in [0.5, 0.6) is 0 Å². The van der Waals surface area contributed by atoms with Crippen molar-refractivity contribution >= 4 is 39.4 Å². The van der Waals surface area contributed by atoms with E-state index in [2.05, 4.69) is 41.5 Å². The minimum atomic E-state index is -0.442. The van der Waals surface area contributed by atoms with Gasteiger partial charge in [0.05, 0.1) is 0 Å². The lowest BCUT2D eigenvalue weighted by molar-refractivity contribution is -0.126. The first-order chi connectivity index (χ1) is 16.1. The lowest BCUT2D eigenvalue weighted by Crippen LogP contribution is -2.49. The quantitative estimate of drug-likeness (QED) is 0.474. The van der Waals surface area contributed by atoms with E-state index in [1.54, 1.807) is 4.90 Å². The van der Waals surface area contributed by atoms with Crippen LogP contribution in [0, 0.1) is 0 Å². The fraction of sp³-hybridized carbons (Fsp3) is 0.185. The van der Waals surface area contributed by atoms with Crippen molar-refractivity contribution in [3.63, 3.8) is 0 Å². The van der Waals surface area contributed by atoms with Crippen molar-refractivity contribution in [1.82, 2.24) is 10.2 Å². The fourth-order valence-electron chi connectivity index (χ4n) is 4.85. The van der Waals surface area contributed by atoms with Gasteiger partial charge in [-0.1, -0.05) is 36.9 Å². The van der Waals surface area contributed by atoms with Crippen LogP contribution in [0.3, 0.4) is 0 Å². The summed E-state index contributed by atoms with van der Waals surface area (Å²) in [5, 5.41) is 8.46. The monoisotopic (exact) mass is 437 g/mol. The van der Waals surface area contributed by atoms with E-state index < -0.39 is 6.04 Å². The van der Waals surface area contributed by atoms with Gasteiger partial charge in [0.2, 0.25) is 5.91 Å². The van der Waals surface area contributed by atoms with Crippen molar-refractivity contribution < 1.29 is 14.0 Å². The number of hydrogen-bond acceptors (Lipinski definition) is 4. The highest BCUT2D eigenvalue weighted by Gasteiger charge is 2.38. The number of piperidine rings is 1. The van der Waals surface area contributed by atoms with Gasteiger partial charge < -0.3 is 20.0 Å². The summed E-state index contributed by atoms with van der Waals surface area (Å²) in [5.74, 6) is -0.230. The van der Waals surface area contributed by atoms with Crippen LogP contribution >= 0.6 is 0 Å². The summed E-state index contributed by atoms with van der Waals surface area (Å²) in [6.45, 7) is 4.90. The average molecular weight is 437 g/mol. The van der Waals surface area contributed by atoms with Crippen molar-refractivity contribution in [1.29, 1.82) is 0 Å². The number of fused-ring (bicyclic) bond motifs is 4. The zero-order valence-corrected chi connectivity index (χ0v) is 18.1. The normalized spacial score (nSPS) is 18.1. The number of carbonyl (C=O) groups excluding carboxylic acids is 2. The summed E-state index contributed by atoms with van der Waals surface area (Å²) in [5.41, 5.74) is 6.14. The molecule has 0 bridgehead atoms. The maximum atomic E-state index is 12.9. The van der Waals surface area contributed by atoms with Crippen LogP contribution in [0.1, 0.15) is 34.3 Å². The molecule has 6 heteroatoms. The number of anilines is 1. The van der Waals surface area contributed by atoms with E-state index in [1.165, 1.54) is 0 Å². The van der Waals surface area contributed by atoms with Gasteiger partial charge in [0.15, 0.2) is 0 Å². The molecule has 6 nitrogen and oxygen atoms in total. The number of para-hydroxylation sites is 1. The van der Waals surface area contributed by atoms with Crippen molar-refractivity contribution in [2.24, 2.45) is 0 Å². The van der Waals surface area contributed by atoms with Crippen LogP contribution in [0.25, 0.3) is 21.9 Å². The van der Waals surface area contributed by atoms with E-state index in [-0.39, 0.29) is 11.8 Å². The summed E-state index contributed by atoms with van der Waals surface area (Å²) >= 11 is 0. The number of carbonyl (C=O) groups is 2. The van der Waals surface area contributed by atoms with E-state index in [1.807, 2.05) is 36.4 Å². The molecule has 3 aromatic carbocycles. The molecule has 0 aliphatic carbocycles. The summed E-state index contributed by atoms with van der Waals surface area (Å²) in [6, 6.07) is 19.6. The van der Waals surface area contributed by atoms with Crippen molar-refractivity contribution in [3.8, 4) is 0 Å². The van der Waals surface area contributed by atoms with Crippen LogP contribution in [0.2, 0.25) is 0 Å². The number of furan rings is 1. The Hall–Kier alpha value is -4.06. The lowest BCUT2D eigenvalue weighted by atomic mass is 10.0. The first-order valence-electron chi connectivity index (χ1n) is 11.1. The van der Waals surface area contributed by atoms with Gasteiger partial charge >= 0.3 is 0 Å². The van der Waals surface area contributed by atoms with Crippen molar-refractivity contribution in [2.45, 2.75) is 32.0 Å². The van der Waals surface area contributed by atoms with E-state index in [0.717, 1.165) is 38.8 Å². The van der Waals surface area contributed by atoms with Crippen LogP contribution in [-0.2, 0) is 17.9 Å². The molecule has 2 aliphatic heterocycles. The van der Waals surface area contributed by atoms with Gasteiger partial charge in [-0.05, 0) is 54.3 Å². The molecule has 1 saturated heterocycles. The van der Waals surface area contributed by atoms with Crippen LogP contribution in [-0.4, -0.2) is 22.8 Å². The third-order valence-corrected chi connectivity index (χ3v) is 6.58. The van der Waals surface area contributed by atoms with Gasteiger partial charge in [-0.25, -0.2) is 0 Å². The number of allylic oxidation sites excluding steroid dienone is 1. The molecule has 2 amide bonds. The van der Waals surface area contributed by atoms with Gasteiger partial charge in [0.25, 0.3) is 5.91 Å². The Morgan fingerprint density at radius 1 is 1.03 bits per heavy atom. The zero-order valence-electron chi connectivity index (χ0n) is 18.1. The summed E-state index contributed by atoms with van der Waals surface area (Å²) in [6.07, 6.45) is 1.30. The number of amides is 2. The molecule has 1 atom stereocenters. The Morgan fingerprint density at radius 2 is 1.88 bits per heavy atom. The maximum Gasteiger partial charge on any atom is 0.255 e. The molecule has 0 spiro atoms. The number of nitrogens with one attached hydrogen (secondary N) is 2. The van der Waals surface area contributed by atoms with Gasteiger partial charge in [-0.3, -0.25) is 9.59 Å². The molecular weight excluding hydrogens is 414 g/mol. The molecule has 33 heavy (non-hydrogen) atoms. The highest BCUT2D eigenvalue weighted by molar-refractivity contribution is 6.05. The number of benzene rings is 3. The maximum absolute atomic E-state index is 12.9. The third kappa shape index (κ3) is 3.35. The van der Waals surface area contributed by atoms with Gasteiger partial charge in [0.1, 0.15) is 17.2 Å². The molecule has 6 rings (SSSR count). The van der Waals surface area contributed by atoms with E-state index in [9.17, 15) is 9.59 Å². The predicted molar refractivity (Wildman–Crippen MR) is 128 cm³/mol. The SMILES string of the molecule is C=C1CCC(N2Cc3cc(NCc4ccc5c(c4)oc4ccccc45)ccc3C2=O)C(=O)N1. The Kier molecular flexibility index (Phi) is 4.47. The van der Waals surface area contributed by atoms with Gasteiger partial charge in [0, 0.05) is 40.8 Å². The number of rotatable bonds is 4. The third-order valence-electron chi connectivity index (χ3n) is 6.58. The van der Waals surface area contributed by atoms with Crippen LogP contribution < -0.4 is 10.6 Å². The Balaban J connectivity index is 1.18. The Bertz CT molecular complexity index is 1450. The first kappa shape index (κ1) is 19.6. The molecule has 0 saturated carbocycles. The molecular formula is C27H23N3O3. The average Bonchev–Trinajstić information content (AvgIpc) is 3.34. The molecule has 2 N–H and O–H groups in total. The molecule has 164 valence electrons. The highest BCUT2D eigenvalue weighted by atomic mass is 16.3. The van der Waals surface area contributed by atoms with Crippen molar-refractivity contribution in [2.75, 3.05) is 5.32 Å². The van der Waals surface area contributed by atoms with Crippen molar-refractivity contribution in [3.05, 3.63) is 89.6 Å². The van der Waals surface area contributed by atoms with Gasteiger partial charge in [-0.2, -0.15) is 0 Å². The molecule has 1 fully saturated rings. The number of hydrogen-bond donors (Lipinski definition) is 2. The fourth-order valence-corrected chi connectivity index (χ4v) is 4.85. The second-order valence-corrected chi connectivity index (χ2v) is 8.73. The Labute approximate surface area is 190 Å². The largest absolute Gasteiger partial charge is 0.456 e. The highest BCUT2D eigenvalue weighted by Crippen LogP contribution is 2.31. The molecule has 2 aliphatic rings.